The first-order chi connectivity index (χ1) is 8.56. The Kier molecular flexibility index (Phi) is 3.75. The number of amides is 1. The maximum absolute atomic E-state index is 12.7. The molecule has 1 aliphatic rings. The molecule has 0 spiro atoms. The van der Waals surface area contributed by atoms with Gasteiger partial charge in [0.1, 0.15) is 5.82 Å². The average molecular weight is 249 g/mol. The van der Waals surface area contributed by atoms with E-state index in [-0.39, 0.29) is 17.5 Å². The van der Waals surface area contributed by atoms with Crippen LogP contribution in [0.15, 0.2) is 24.3 Å². The quantitative estimate of drug-likeness (QED) is 0.768. The molecule has 1 fully saturated rings. The van der Waals surface area contributed by atoms with Gasteiger partial charge in [-0.1, -0.05) is 6.92 Å². The number of benzene rings is 1. The molecule has 1 amide bonds. The zero-order chi connectivity index (χ0) is 13.1. The number of likely N-dealkylation sites (tertiary alicyclic amines) is 1. The molecule has 0 bridgehead atoms. The first-order valence-electron chi connectivity index (χ1n) is 6.13. The number of hydrogen-bond donors (Lipinski definition) is 0. The van der Waals surface area contributed by atoms with E-state index in [0.717, 1.165) is 6.54 Å². The maximum atomic E-state index is 12.7. The third-order valence-corrected chi connectivity index (χ3v) is 3.18. The van der Waals surface area contributed by atoms with Crippen molar-refractivity contribution in [2.24, 2.45) is 5.92 Å². The van der Waals surface area contributed by atoms with Gasteiger partial charge in [0.05, 0.1) is 0 Å². The summed E-state index contributed by atoms with van der Waals surface area (Å²) in [5.74, 6) is 0.0882. The fraction of sp³-hybridized carbons (Fsp3) is 0.429. The molecule has 1 atom stereocenters. The fourth-order valence-corrected chi connectivity index (χ4v) is 2.20. The van der Waals surface area contributed by atoms with Gasteiger partial charge < -0.3 is 4.90 Å². The molecule has 1 unspecified atom stereocenters. The van der Waals surface area contributed by atoms with Crippen LogP contribution in [0.5, 0.6) is 0 Å². The second-order valence-electron chi connectivity index (χ2n) is 4.83. The topological polar surface area (TPSA) is 37.4 Å². The number of Topliss-reactive ketones (excluding diaryl/α,β-unsaturated/α-hetero) is 1. The normalized spacial score (nSPS) is 19.3. The van der Waals surface area contributed by atoms with Crippen molar-refractivity contribution < 1.29 is 14.0 Å². The van der Waals surface area contributed by atoms with Gasteiger partial charge in [0, 0.05) is 31.5 Å². The van der Waals surface area contributed by atoms with Crippen LogP contribution in [-0.2, 0) is 4.79 Å². The van der Waals surface area contributed by atoms with Gasteiger partial charge in [-0.2, -0.15) is 0 Å². The van der Waals surface area contributed by atoms with Gasteiger partial charge in [-0.25, -0.2) is 4.39 Å². The Labute approximate surface area is 106 Å². The van der Waals surface area contributed by atoms with E-state index in [1.165, 1.54) is 24.3 Å². The summed E-state index contributed by atoms with van der Waals surface area (Å²) >= 11 is 0. The lowest BCUT2D eigenvalue weighted by Crippen LogP contribution is -2.27. The lowest BCUT2D eigenvalue weighted by atomic mass is 10.1. The van der Waals surface area contributed by atoms with Crippen LogP contribution in [0.3, 0.4) is 0 Å². The van der Waals surface area contributed by atoms with Crippen LogP contribution < -0.4 is 0 Å². The minimum atomic E-state index is -0.352. The van der Waals surface area contributed by atoms with Gasteiger partial charge in [-0.3, -0.25) is 9.59 Å². The minimum Gasteiger partial charge on any atom is -0.342 e. The number of carbonyl (C=O) groups is 2. The van der Waals surface area contributed by atoms with Crippen LogP contribution in [0, 0.1) is 11.7 Å². The Balaban J connectivity index is 1.89. The number of carbonyl (C=O) groups excluding carboxylic acids is 2. The van der Waals surface area contributed by atoms with E-state index in [9.17, 15) is 14.0 Å². The monoisotopic (exact) mass is 249 g/mol. The Morgan fingerprint density at radius 1 is 1.39 bits per heavy atom. The molecule has 0 radical (unpaired) electrons. The summed E-state index contributed by atoms with van der Waals surface area (Å²) in [6.45, 7) is 3.22. The van der Waals surface area contributed by atoms with Crippen LogP contribution in [0.2, 0.25) is 0 Å². The molecule has 1 aromatic carbocycles. The number of nitrogens with zero attached hydrogens (tertiary/aromatic N) is 1. The number of halogens is 1. The van der Waals surface area contributed by atoms with Gasteiger partial charge in [-0.05, 0) is 30.2 Å². The molecule has 0 aliphatic carbocycles. The zero-order valence-corrected chi connectivity index (χ0v) is 10.4. The highest BCUT2D eigenvalue weighted by Crippen LogP contribution is 2.17. The Hall–Kier alpha value is -1.71. The molecule has 1 aromatic rings. The highest BCUT2D eigenvalue weighted by Gasteiger charge is 2.26. The smallest absolute Gasteiger partial charge is 0.222 e. The van der Waals surface area contributed by atoms with Crippen molar-refractivity contribution in [1.29, 1.82) is 0 Å². The van der Waals surface area contributed by atoms with Crippen molar-refractivity contribution in [2.75, 3.05) is 13.1 Å². The van der Waals surface area contributed by atoms with E-state index < -0.39 is 0 Å². The van der Waals surface area contributed by atoms with E-state index in [1.54, 1.807) is 4.90 Å². The Morgan fingerprint density at radius 3 is 2.61 bits per heavy atom. The van der Waals surface area contributed by atoms with Crippen molar-refractivity contribution in [3.05, 3.63) is 35.6 Å². The predicted molar refractivity (Wildman–Crippen MR) is 65.7 cm³/mol. The number of hydrogen-bond acceptors (Lipinski definition) is 2. The first kappa shape index (κ1) is 12.7. The lowest BCUT2D eigenvalue weighted by Gasteiger charge is -2.15. The summed E-state index contributed by atoms with van der Waals surface area (Å²) in [6, 6.07) is 5.50. The second-order valence-corrected chi connectivity index (χ2v) is 4.83. The van der Waals surface area contributed by atoms with Crippen molar-refractivity contribution in [3.8, 4) is 0 Å². The molecule has 1 saturated heterocycles. The molecule has 4 heteroatoms. The molecule has 96 valence electrons. The van der Waals surface area contributed by atoms with E-state index in [1.807, 2.05) is 6.92 Å². The molecular formula is C14H16FNO2. The van der Waals surface area contributed by atoms with E-state index in [4.69, 9.17) is 0 Å². The molecule has 0 aromatic heterocycles. The molecule has 1 aliphatic heterocycles. The standard InChI is InChI=1S/C14H16FNO2/c1-10-8-14(18)16(9-10)7-6-13(17)11-2-4-12(15)5-3-11/h2-5,10H,6-9H2,1H3. The van der Waals surface area contributed by atoms with Crippen molar-refractivity contribution >= 4 is 11.7 Å². The second kappa shape index (κ2) is 5.29. The van der Waals surface area contributed by atoms with Crippen molar-refractivity contribution in [1.82, 2.24) is 4.90 Å². The van der Waals surface area contributed by atoms with Gasteiger partial charge in [0.2, 0.25) is 5.91 Å². The SMILES string of the molecule is CC1CC(=O)N(CCC(=O)c2ccc(F)cc2)C1. The van der Waals surface area contributed by atoms with Gasteiger partial charge in [0.25, 0.3) is 0 Å². The van der Waals surface area contributed by atoms with Crippen LogP contribution in [0.4, 0.5) is 4.39 Å². The molecule has 0 N–H and O–H groups in total. The van der Waals surface area contributed by atoms with E-state index in [2.05, 4.69) is 0 Å². The summed E-state index contributed by atoms with van der Waals surface area (Å²) in [4.78, 5) is 25.1. The highest BCUT2D eigenvalue weighted by molar-refractivity contribution is 5.96. The van der Waals surface area contributed by atoms with Crippen LogP contribution in [0.25, 0.3) is 0 Å². The van der Waals surface area contributed by atoms with Gasteiger partial charge in [-0.15, -0.1) is 0 Å². The molecule has 18 heavy (non-hydrogen) atoms. The van der Waals surface area contributed by atoms with Crippen LogP contribution >= 0.6 is 0 Å². The molecule has 1 heterocycles. The molecular weight excluding hydrogens is 233 g/mol. The summed E-state index contributed by atoms with van der Waals surface area (Å²) in [6.07, 6.45) is 0.870. The van der Waals surface area contributed by atoms with Crippen molar-refractivity contribution in [2.45, 2.75) is 19.8 Å². The van der Waals surface area contributed by atoms with Crippen LogP contribution in [-0.4, -0.2) is 29.7 Å². The molecule has 3 nitrogen and oxygen atoms in total. The predicted octanol–water partition coefficient (Wildman–Crippen LogP) is 2.27. The summed E-state index contributed by atoms with van der Waals surface area (Å²) in [5, 5.41) is 0. The summed E-state index contributed by atoms with van der Waals surface area (Å²) in [7, 11) is 0. The Morgan fingerprint density at radius 2 is 2.06 bits per heavy atom. The third kappa shape index (κ3) is 2.94. The van der Waals surface area contributed by atoms with Crippen molar-refractivity contribution in [3.63, 3.8) is 0 Å². The highest BCUT2D eigenvalue weighted by atomic mass is 19.1. The Bertz CT molecular complexity index is 455. The third-order valence-electron chi connectivity index (χ3n) is 3.18. The van der Waals surface area contributed by atoms with E-state index >= 15 is 0 Å². The molecule has 0 saturated carbocycles. The van der Waals surface area contributed by atoms with Crippen LogP contribution in [0.1, 0.15) is 30.1 Å². The van der Waals surface area contributed by atoms with Gasteiger partial charge in [0.15, 0.2) is 5.78 Å². The minimum absolute atomic E-state index is 0.0534. The maximum Gasteiger partial charge on any atom is 0.222 e. The first-order valence-corrected chi connectivity index (χ1v) is 6.13. The summed E-state index contributed by atoms with van der Waals surface area (Å²) in [5.41, 5.74) is 0.496. The lowest BCUT2D eigenvalue weighted by molar-refractivity contribution is -0.127. The number of rotatable bonds is 4. The largest absolute Gasteiger partial charge is 0.342 e. The van der Waals surface area contributed by atoms with E-state index in [0.29, 0.717) is 30.9 Å². The number of ketones is 1. The fourth-order valence-electron chi connectivity index (χ4n) is 2.20. The zero-order valence-electron chi connectivity index (χ0n) is 10.4. The molecule has 2 rings (SSSR count). The summed E-state index contributed by atoms with van der Waals surface area (Å²) < 4.78 is 12.7. The van der Waals surface area contributed by atoms with Gasteiger partial charge >= 0.3 is 0 Å². The average Bonchev–Trinajstić information content (AvgIpc) is 2.66.